The highest BCUT2D eigenvalue weighted by Crippen LogP contribution is 2.30. The molecule has 0 spiro atoms. The first-order valence-corrected chi connectivity index (χ1v) is 11.0. The number of hydrogen-bond donors (Lipinski definition) is 2. The van der Waals surface area contributed by atoms with E-state index < -0.39 is 0 Å². The minimum absolute atomic E-state index is 0.158. The fourth-order valence-corrected chi connectivity index (χ4v) is 4.70. The lowest BCUT2D eigenvalue weighted by atomic mass is 9.78. The standard InChI is InChI=1S/C22H40N2O2/c1-15-9-7-11-19(17(15)3)23-21(25)13-5-6-14-22(26)24-20-12-8-10-16(2)18(20)4/h15-20H,5-14H2,1-4H3,(H,23,25)(H,24,26). The van der Waals surface area contributed by atoms with Gasteiger partial charge in [-0.3, -0.25) is 9.59 Å². The Morgan fingerprint density at radius 1 is 0.692 bits per heavy atom. The summed E-state index contributed by atoms with van der Waals surface area (Å²) in [6.45, 7) is 9.09. The first-order chi connectivity index (χ1) is 12.4. The van der Waals surface area contributed by atoms with Crippen LogP contribution < -0.4 is 10.6 Å². The number of nitrogens with one attached hydrogen (secondary N) is 2. The molecule has 150 valence electrons. The molecule has 2 saturated carbocycles. The second kappa shape index (κ2) is 10.3. The molecule has 2 amide bonds. The molecule has 0 aromatic rings. The van der Waals surface area contributed by atoms with Crippen LogP contribution in [0.2, 0.25) is 0 Å². The number of carbonyl (C=O) groups excluding carboxylic acids is 2. The average molecular weight is 365 g/mol. The fourth-order valence-electron chi connectivity index (χ4n) is 4.70. The minimum Gasteiger partial charge on any atom is -0.353 e. The van der Waals surface area contributed by atoms with Crippen molar-refractivity contribution in [3.05, 3.63) is 0 Å². The molecule has 0 saturated heterocycles. The quantitative estimate of drug-likeness (QED) is 0.657. The molecule has 26 heavy (non-hydrogen) atoms. The maximum atomic E-state index is 12.2. The molecule has 0 aliphatic heterocycles. The van der Waals surface area contributed by atoms with E-state index in [0.29, 0.717) is 48.6 Å². The summed E-state index contributed by atoms with van der Waals surface area (Å²) >= 11 is 0. The largest absolute Gasteiger partial charge is 0.353 e. The van der Waals surface area contributed by atoms with E-state index >= 15 is 0 Å². The van der Waals surface area contributed by atoms with Gasteiger partial charge >= 0.3 is 0 Å². The van der Waals surface area contributed by atoms with E-state index in [1.165, 1.54) is 25.7 Å². The van der Waals surface area contributed by atoms with Crippen molar-refractivity contribution in [2.45, 2.75) is 104 Å². The fraction of sp³-hybridized carbons (Fsp3) is 0.909. The van der Waals surface area contributed by atoms with Gasteiger partial charge in [-0.25, -0.2) is 0 Å². The zero-order valence-electron chi connectivity index (χ0n) is 17.4. The summed E-state index contributed by atoms with van der Waals surface area (Å²) in [5.41, 5.74) is 0. The van der Waals surface area contributed by atoms with E-state index in [-0.39, 0.29) is 11.8 Å². The molecular weight excluding hydrogens is 324 g/mol. The van der Waals surface area contributed by atoms with Crippen molar-refractivity contribution < 1.29 is 9.59 Å². The van der Waals surface area contributed by atoms with Gasteiger partial charge in [0.2, 0.25) is 11.8 Å². The average Bonchev–Trinajstić information content (AvgIpc) is 2.60. The van der Waals surface area contributed by atoms with Crippen LogP contribution >= 0.6 is 0 Å². The Bertz CT molecular complexity index is 423. The molecule has 4 nitrogen and oxygen atoms in total. The lowest BCUT2D eigenvalue weighted by Crippen LogP contribution is -2.44. The first-order valence-electron chi connectivity index (χ1n) is 11.0. The smallest absolute Gasteiger partial charge is 0.220 e. The van der Waals surface area contributed by atoms with E-state index in [2.05, 4.69) is 38.3 Å². The van der Waals surface area contributed by atoms with Gasteiger partial charge in [0.15, 0.2) is 0 Å². The molecule has 6 atom stereocenters. The van der Waals surface area contributed by atoms with Gasteiger partial charge in [-0.05, 0) is 49.4 Å². The summed E-state index contributed by atoms with van der Waals surface area (Å²) < 4.78 is 0. The van der Waals surface area contributed by atoms with Crippen LogP contribution in [0.3, 0.4) is 0 Å². The third-order valence-electron chi connectivity index (χ3n) is 7.16. The second-order valence-electron chi connectivity index (χ2n) is 9.09. The third-order valence-corrected chi connectivity index (χ3v) is 7.16. The molecule has 2 aliphatic carbocycles. The van der Waals surface area contributed by atoms with E-state index in [1.807, 2.05) is 0 Å². The van der Waals surface area contributed by atoms with E-state index in [9.17, 15) is 9.59 Å². The SMILES string of the molecule is CC1CCCC(NC(=O)CCCCC(=O)NC2CCCC(C)C2C)C1C. The Labute approximate surface area is 160 Å². The normalized spacial score (nSPS) is 34.9. The molecular formula is C22H40N2O2. The first kappa shape index (κ1) is 21.2. The van der Waals surface area contributed by atoms with Crippen LogP contribution in [0.15, 0.2) is 0 Å². The van der Waals surface area contributed by atoms with Crippen molar-refractivity contribution in [2.24, 2.45) is 23.7 Å². The molecule has 0 radical (unpaired) electrons. The molecule has 2 aliphatic rings. The van der Waals surface area contributed by atoms with Crippen LogP contribution in [0.1, 0.15) is 91.9 Å². The number of hydrogen-bond acceptors (Lipinski definition) is 2. The summed E-state index contributed by atoms with van der Waals surface area (Å²) in [5.74, 6) is 2.85. The molecule has 0 aromatic heterocycles. The van der Waals surface area contributed by atoms with Crippen LogP contribution in [-0.4, -0.2) is 23.9 Å². The predicted molar refractivity (Wildman–Crippen MR) is 107 cm³/mol. The maximum absolute atomic E-state index is 12.2. The van der Waals surface area contributed by atoms with Gasteiger partial charge in [0, 0.05) is 24.9 Å². The molecule has 2 rings (SSSR count). The lowest BCUT2D eigenvalue weighted by molar-refractivity contribution is -0.124. The van der Waals surface area contributed by atoms with Crippen LogP contribution in [-0.2, 0) is 9.59 Å². The molecule has 0 aromatic carbocycles. The summed E-state index contributed by atoms with van der Waals surface area (Å²) in [4.78, 5) is 24.4. The van der Waals surface area contributed by atoms with Crippen molar-refractivity contribution in [3.8, 4) is 0 Å². The Hall–Kier alpha value is -1.06. The van der Waals surface area contributed by atoms with Crippen molar-refractivity contribution in [1.82, 2.24) is 10.6 Å². The highest BCUT2D eigenvalue weighted by molar-refractivity contribution is 5.77. The number of carbonyl (C=O) groups is 2. The molecule has 6 unspecified atom stereocenters. The van der Waals surface area contributed by atoms with Gasteiger partial charge in [0.25, 0.3) is 0 Å². The minimum atomic E-state index is 0.158. The molecule has 0 heterocycles. The predicted octanol–water partition coefficient (Wildman–Crippen LogP) is 4.43. The Kier molecular flexibility index (Phi) is 8.43. The lowest BCUT2D eigenvalue weighted by Gasteiger charge is -2.34. The van der Waals surface area contributed by atoms with Crippen molar-refractivity contribution in [3.63, 3.8) is 0 Å². The van der Waals surface area contributed by atoms with Crippen LogP contribution in [0.5, 0.6) is 0 Å². The van der Waals surface area contributed by atoms with Gasteiger partial charge in [-0.1, -0.05) is 53.4 Å². The number of amides is 2. The van der Waals surface area contributed by atoms with E-state index in [4.69, 9.17) is 0 Å². The van der Waals surface area contributed by atoms with Crippen molar-refractivity contribution in [2.75, 3.05) is 0 Å². The molecule has 4 heteroatoms. The zero-order valence-corrected chi connectivity index (χ0v) is 17.4. The molecule has 2 N–H and O–H groups in total. The number of rotatable bonds is 7. The van der Waals surface area contributed by atoms with Gasteiger partial charge < -0.3 is 10.6 Å². The van der Waals surface area contributed by atoms with Gasteiger partial charge in [-0.15, -0.1) is 0 Å². The Morgan fingerprint density at radius 2 is 1.08 bits per heavy atom. The van der Waals surface area contributed by atoms with E-state index in [0.717, 1.165) is 25.7 Å². The molecule has 0 bridgehead atoms. The topological polar surface area (TPSA) is 58.2 Å². The number of unbranched alkanes of at least 4 members (excludes halogenated alkanes) is 1. The van der Waals surface area contributed by atoms with Crippen LogP contribution in [0.25, 0.3) is 0 Å². The zero-order chi connectivity index (χ0) is 19.1. The summed E-state index contributed by atoms with van der Waals surface area (Å²) in [6, 6.07) is 0.675. The van der Waals surface area contributed by atoms with Crippen molar-refractivity contribution >= 4 is 11.8 Å². The van der Waals surface area contributed by atoms with E-state index in [1.54, 1.807) is 0 Å². The molecule has 2 fully saturated rings. The summed E-state index contributed by atoms with van der Waals surface area (Å²) in [6.07, 6.45) is 9.89. The van der Waals surface area contributed by atoms with Gasteiger partial charge in [0.05, 0.1) is 0 Å². The second-order valence-corrected chi connectivity index (χ2v) is 9.09. The highest BCUT2D eigenvalue weighted by Gasteiger charge is 2.29. The van der Waals surface area contributed by atoms with Gasteiger partial charge in [0.1, 0.15) is 0 Å². The highest BCUT2D eigenvalue weighted by atomic mass is 16.2. The summed E-state index contributed by atoms with van der Waals surface area (Å²) in [5, 5.41) is 6.45. The Balaban J connectivity index is 1.59. The summed E-state index contributed by atoms with van der Waals surface area (Å²) in [7, 11) is 0. The maximum Gasteiger partial charge on any atom is 0.220 e. The van der Waals surface area contributed by atoms with Gasteiger partial charge in [-0.2, -0.15) is 0 Å². The van der Waals surface area contributed by atoms with Crippen LogP contribution in [0, 0.1) is 23.7 Å². The monoisotopic (exact) mass is 364 g/mol. The Morgan fingerprint density at radius 3 is 1.46 bits per heavy atom. The van der Waals surface area contributed by atoms with Crippen molar-refractivity contribution in [1.29, 1.82) is 0 Å². The third kappa shape index (κ3) is 6.28. The van der Waals surface area contributed by atoms with Crippen LogP contribution in [0.4, 0.5) is 0 Å².